The van der Waals surface area contributed by atoms with E-state index in [1.54, 1.807) is 7.11 Å². The van der Waals surface area contributed by atoms with Crippen molar-refractivity contribution in [3.8, 4) is 0 Å². The second-order valence-corrected chi connectivity index (χ2v) is 5.65. The Hall–Kier alpha value is -1.39. The summed E-state index contributed by atoms with van der Waals surface area (Å²) in [7, 11) is 1.70. The van der Waals surface area contributed by atoms with Gasteiger partial charge in [0.2, 0.25) is 5.91 Å². The number of nitrogens with one attached hydrogen (secondary N) is 1. The van der Waals surface area contributed by atoms with Crippen molar-refractivity contribution in [2.75, 3.05) is 7.11 Å². The minimum Gasteiger partial charge on any atom is -0.378 e. The maximum Gasteiger partial charge on any atom is 0.223 e. The van der Waals surface area contributed by atoms with Crippen molar-refractivity contribution in [1.82, 2.24) is 5.32 Å². The average Bonchev–Trinajstić information content (AvgIpc) is 2.43. The van der Waals surface area contributed by atoms with Gasteiger partial charge in [0, 0.05) is 13.7 Å². The number of hydrogen-bond acceptors (Lipinski definition) is 3. The number of rotatable bonds is 6. The molecule has 1 atom stereocenters. The standard InChI is InChI=1S/C16H24N2O2/c1-12(14-6-4-13(11-17)5-7-14)18-15(19)10-16(20-2)8-3-9-16/h4-7,12H,3,8-11,17H2,1-2H3,(H,18,19). The van der Waals surface area contributed by atoms with E-state index in [-0.39, 0.29) is 17.6 Å². The van der Waals surface area contributed by atoms with Gasteiger partial charge in [-0.25, -0.2) is 0 Å². The predicted octanol–water partition coefficient (Wildman–Crippen LogP) is 2.28. The lowest BCUT2D eigenvalue weighted by Crippen LogP contribution is -2.44. The minimum absolute atomic E-state index is 0.00306. The number of methoxy groups -OCH3 is 1. The summed E-state index contributed by atoms with van der Waals surface area (Å²) in [6, 6.07) is 8.04. The van der Waals surface area contributed by atoms with Crippen LogP contribution in [0.2, 0.25) is 0 Å². The van der Waals surface area contributed by atoms with Crippen LogP contribution in [-0.4, -0.2) is 18.6 Å². The van der Waals surface area contributed by atoms with Gasteiger partial charge < -0.3 is 15.8 Å². The first-order valence-electron chi connectivity index (χ1n) is 7.22. The number of carbonyl (C=O) groups is 1. The topological polar surface area (TPSA) is 64.3 Å². The summed E-state index contributed by atoms with van der Waals surface area (Å²) in [4.78, 5) is 12.1. The molecule has 0 bridgehead atoms. The van der Waals surface area contributed by atoms with Crippen LogP contribution in [0.25, 0.3) is 0 Å². The van der Waals surface area contributed by atoms with Crippen LogP contribution < -0.4 is 11.1 Å². The van der Waals surface area contributed by atoms with Crippen molar-refractivity contribution in [1.29, 1.82) is 0 Å². The van der Waals surface area contributed by atoms with Crippen LogP contribution in [0.4, 0.5) is 0 Å². The van der Waals surface area contributed by atoms with E-state index in [1.165, 1.54) is 0 Å². The molecule has 1 fully saturated rings. The molecule has 1 aliphatic carbocycles. The molecule has 0 saturated heterocycles. The van der Waals surface area contributed by atoms with Gasteiger partial charge in [0.05, 0.1) is 18.1 Å². The summed E-state index contributed by atoms with van der Waals surface area (Å²) in [6.07, 6.45) is 3.57. The molecule has 0 aromatic heterocycles. The molecule has 1 aromatic rings. The van der Waals surface area contributed by atoms with Gasteiger partial charge >= 0.3 is 0 Å². The monoisotopic (exact) mass is 276 g/mol. The van der Waals surface area contributed by atoms with Gasteiger partial charge in [-0.3, -0.25) is 4.79 Å². The SMILES string of the molecule is COC1(CC(=O)NC(C)c2ccc(CN)cc2)CCC1. The Morgan fingerprint density at radius 3 is 2.50 bits per heavy atom. The first kappa shape index (κ1) is 15.0. The lowest BCUT2D eigenvalue weighted by molar-refractivity contribution is -0.134. The first-order valence-corrected chi connectivity index (χ1v) is 7.22. The van der Waals surface area contributed by atoms with E-state index in [9.17, 15) is 4.79 Å². The smallest absolute Gasteiger partial charge is 0.223 e. The number of benzene rings is 1. The quantitative estimate of drug-likeness (QED) is 0.838. The summed E-state index contributed by atoms with van der Waals surface area (Å²) in [5.41, 5.74) is 7.55. The molecule has 4 nitrogen and oxygen atoms in total. The Labute approximate surface area is 120 Å². The van der Waals surface area contributed by atoms with Crippen LogP contribution in [0, 0.1) is 0 Å². The number of amides is 1. The van der Waals surface area contributed by atoms with Crippen LogP contribution in [0.3, 0.4) is 0 Å². The Kier molecular flexibility index (Phi) is 4.78. The third-order valence-electron chi connectivity index (χ3n) is 4.27. The zero-order chi connectivity index (χ0) is 14.6. The lowest BCUT2D eigenvalue weighted by atomic mass is 9.77. The molecule has 4 heteroatoms. The molecule has 3 N–H and O–H groups in total. The third kappa shape index (κ3) is 3.38. The van der Waals surface area contributed by atoms with Crippen molar-refractivity contribution in [2.45, 2.75) is 50.8 Å². The Morgan fingerprint density at radius 2 is 2.05 bits per heavy atom. The van der Waals surface area contributed by atoms with E-state index < -0.39 is 0 Å². The second-order valence-electron chi connectivity index (χ2n) is 5.65. The van der Waals surface area contributed by atoms with Crippen molar-refractivity contribution >= 4 is 5.91 Å². The Bertz CT molecular complexity index is 447. The molecule has 1 amide bonds. The van der Waals surface area contributed by atoms with Gasteiger partial charge in [-0.1, -0.05) is 24.3 Å². The van der Waals surface area contributed by atoms with Crippen molar-refractivity contribution < 1.29 is 9.53 Å². The van der Waals surface area contributed by atoms with Gasteiger partial charge in [0.1, 0.15) is 0 Å². The van der Waals surface area contributed by atoms with Crippen molar-refractivity contribution in [3.05, 3.63) is 35.4 Å². The fraction of sp³-hybridized carbons (Fsp3) is 0.562. The van der Waals surface area contributed by atoms with E-state index in [2.05, 4.69) is 5.32 Å². The maximum atomic E-state index is 12.1. The normalized spacial score (nSPS) is 18.1. The largest absolute Gasteiger partial charge is 0.378 e. The summed E-state index contributed by atoms with van der Waals surface area (Å²) >= 11 is 0. The van der Waals surface area contributed by atoms with Crippen molar-refractivity contribution in [2.24, 2.45) is 5.73 Å². The fourth-order valence-electron chi connectivity index (χ4n) is 2.64. The zero-order valence-corrected chi connectivity index (χ0v) is 12.3. The van der Waals surface area contributed by atoms with E-state index >= 15 is 0 Å². The molecule has 0 heterocycles. The Balaban J connectivity index is 1.89. The summed E-state index contributed by atoms with van der Waals surface area (Å²) in [5, 5.41) is 3.04. The molecule has 0 aliphatic heterocycles. The van der Waals surface area contributed by atoms with Gasteiger partial charge in [0.15, 0.2) is 0 Å². The molecule has 0 radical (unpaired) electrons. The van der Waals surface area contributed by atoms with E-state index in [1.807, 2.05) is 31.2 Å². The van der Waals surface area contributed by atoms with Crippen molar-refractivity contribution in [3.63, 3.8) is 0 Å². The molecule has 110 valence electrons. The second kappa shape index (κ2) is 6.37. The Morgan fingerprint density at radius 1 is 1.40 bits per heavy atom. The van der Waals surface area contributed by atoms with E-state index in [0.29, 0.717) is 13.0 Å². The first-order chi connectivity index (χ1) is 9.58. The summed E-state index contributed by atoms with van der Waals surface area (Å²) in [6.45, 7) is 2.53. The molecule has 0 spiro atoms. The van der Waals surface area contributed by atoms with Crippen LogP contribution in [0.5, 0.6) is 0 Å². The number of nitrogens with two attached hydrogens (primary N) is 1. The van der Waals surface area contributed by atoms with E-state index in [0.717, 1.165) is 30.4 Å². The van der Waals surface area contributed by atoms with Crippen LogP contribution >= 0.6 is 0 Å². The van der Waals surface area contributed by atoms with Crippen LogP contribution in [0.15, 0.2) is 24.3 Å². The molecular formula is C16H24N2O2. The number of hydrogen-bond donors (Lipinski definition) is 2. The fourth-order valence-corrected chi connectivity index (χ4v) is 2.64. The van der Waals surface area contributed by atoms with Gasteiger partial charge in [-0.2, -0.15) is 0 Å². The summed E-state index contributed by atoms with van der Waals surface area (Å²) in [5.74, 6) is 0.0574. The van der Waals surface area contributed by atoms with Gasteiger partial charge in [-0.05, 0) is 37.3 Å². The molecule has 1 aliphatic rings. The van der Waals surface area contributed by atoms with Gasteiger partial charge in [0.25, 0.3) is 0 Å². The van der Waals surface area contributed by atoms with Crippen LogP contribution in [-0.2, 0) is 16.1 Å². The summed E-state index contributed by atoms with van der Waals surface area (Å²) < 4.78 is 5.49. The molecule has 1 aromatic carbocycles. The lowest BCUT2D eigenvalue weighted by Gasteiger charge is -2.40. The third-order valence-corrected chi connectivity index (χ3v) is 4.27. The van der Waals surface area contributed by atoms with Gasteiger partial charge in [-0.15, -0.1) is 0 Å². The predicted molar refractivity (Wildman–Crippen MR) is 79.1 cm³/mol. The number of carbonyl (C=O) groups excluding carboxylic acids is 1. The highest BCUT2D eigenvalue weighted by Gasteiger charge is 2.39. The minimum atomic E-state index is -0.215. The maximum absolute atomic E-state index is 12.1. The molecular weight excluding hydrogens is 252 g/mol. The number of ether oxygens (including phenoxy) is 1. The molecule has 1 saturated carbocycles. The zero-order valence-electron chi connectivity index (χ0n) is 12.3. The molecule has 20 heavy (non-hydrogen) atoms. The highest BCUT2D eigenvalue weighted by atomic mass is 16.5. The highest BCUT2D eigenvalue weighted by Crippen LogP contribution is 2.38. The van der Waals surface area contributed by atoms with E-state index in [4.69, 9.17) is 10.5 Å². The molecule has 2 rings (SSSR count). The van der Waals surface area contributed by atoms with Crippen LogP contribution in [0.1, 0.15) is 49.8 Å². The molecule has 1 unspecified atom stereocenters. The highest BCUT2D eigenvalue weighted by molar-refractivity contribution is 5.77. The average molecular weight is 276 g/mol.